The van der Waals surface area contributed by atoms with E-state index in [2.05, 4.69) is 28.5 Å². The first-order valence-electron chi connectivity index (χ1n) is 17.0. The number of aromatic hydroxyl groups is 1. The summed E-state index contributed by atoms with van der Waals surface area (Å²) in [5.74, 6) is 0.367. The molecule has 1 amide bonds. The monoisotopic (exact) mass is 692 g/mol. The normalized spacial score (nSPS) is 21.1. The molecule has 10 nitrogen and oxygen atoms in total. The molecule has 4 aromatic rings. The second-order valence-corrected chi connectivity index (χ2v) is 14.1. The van der Waals surface area contributed by atoms with Gasteiger partial charge in [0.2, 0.25) is 5.91 Å². The average Bonchev–Trinajstić information content (AvgIpc) is 3.78. The number of aliphatic hydroxyl groups is 1. The predicted octanol–water partition coefficient (Wildman–Crippen LogP) is 5.27. The van der Waals surface area contributed by atoms with E-state index < -0.39 is 23.3 Å². The van der Waals surface area contributed by atoms with Crippen LogP contribution in [-0.2, 0) is 4.79 Å². The van der Waals surface area contributed by atoms with Crippen molar-refractivity contribution in [1.29, 1.82) is 5.26 Å². The maximum absolute atomic E-state index is 17.3. The first-order chi connectivity index (χ1) is 24.4. The van der Waals surface area contributed by atoms with Crippen molar-refractivity contribution in [2.24, 2.45) is 0 Å². The Morgan fingerprint density at radius 2 is 1.94 bits per heavy atom. The number of hydrogen-bond acceptors (Lipinski definition) is 9. The van der Waals surface area contributed by atoms with E-state index in [0.717, 1.165) is 38.8 Å². The first-order valence-corrected chi connectivity index (χ1v) is 17.0. The molecule has 4 heterocycles. The Morgan fingerprint density at radius 1 is 1.20 bits per heavy atom. The number of rotatable bonds is 8. The van der Waals surface area contributed by atoms with Crippen molar-refractivity contribution < 1.29 is 28.5 Å². The van der Waals surface area contributed by atoms with Gasteiger partial charge in [0.25, 0.3) is 0 Å². The molecular formula is C39H38F2N6O4. The fourth-order valence-electron chi connectivity index (χ4n) is 8.35. The van der Waals surface area contributed by atoms with Crippen LogP contribution < -0.4 is 9.64 Å². The Hall–Kier alpha value is -5.30. The molecule has 2 N–H and O–H groups in total. The summed E-state index contributed by atoms with van der Waals surface area (Å²) in [5, 5.41) is 33.1. The molecule has 3 aromatic carbocycles. The Labute approximate surface area is 294 Å². The highest BCUT2D eigenvalue weighted by molar-refractivity contribution is 6.05. The van der Waals surface area contributed by atoms with Crippen LogP contribution in [0.5, 0.6) is 11.8 Å². The number of hydrogen-bond donors (Lipinski definition) is 2. The smallest absolute Gasteiger partial charge is 0.319 e. The van der Waals surface area contributed by atoms with Gasteiger partial charge in [-0.1, -0.05) is 18.6 Å². The highest BCUT2D eigenvalue weighted by Crippen LogP contribution is 2.43. The molecule has 0 radical (unpaired) electrons. The minimum atomic E-state index is -1.24. The zero-order chi connectivity index (χ0) is 36.2. The Morgan fingerprint density at radius 3 is 2.63 bits per heavy atom. The van der Waals surface area contributed by atoms with Gasteiger partial charge in [0.05, 0.1) is 34.4 Å². The third kappa shape index (κ3) is 5.69. The van der Waals surface area contributed by atoms with Crippen LogP contribution in [0.15, 0.2) is 43.0 Å². The lowest BCUT2D eigenvalue weighted by Crippen LogP contribution is -2.51. The van der Waals surface area contributed by atoms with Gasteiger partial charge in [0.15, 0.2) is 5.82 Å². The largest absolute Gasteiger partial charge is 0.508 e. The Bertz CT molecular complexity index is 2180. The van der Waals surface area contributed by atoms with Crippen molar-refractivity contribution in [3.63, 3.8) is 0 Å². The van der Waals surface area contributed by atoms with Gasteiger partial charge in [-0.05, 0) is 93.4 Å². The van der Waals surface area contributed by atoms with E-state index in [1.165, 1.54) is 36.4 Å². The third-order valence-electron chi connectivity index (χ3n) is 11.0. The number of nitriles is 1. The van der Waals surface area contributed by atoms with E-state index in [1.54, 1.807) is 23.8 Å². The van der Waals surface area contributed by atoms with Crippen LogP contribution in [0.1, 0.15) is 50.2 Å². The third-order valence-corrected chi connectivity index (χ3v) is 11.0. The molecule has 7 rings (SSSR count). The van der Waals surface area contributed by atoms with E-state index in [0.29, 0.717) is 25.0 Å². The number of anilines is 1. The number of likely N-dealkylation sites (tertiary alicyclic amines) is 1. The Balaban J connectivity index is 1.42. The molecule has 262 valence electrons. The molecular weight excluding hydrogens is 654 g/mol. The molecule has 1 aromatic heterocycles. The minimum Gasteiger partial charge on any atom is -0.508 e. The van der Waals surface area contributed by atoms with Crippen LogP contribution in [0, 0.1) is 35.3 Å². The van der Waals surface area contributed by atoms with Crippen LogP contribution in [0.3, 0.4) is 0 Å². The van der Waals surface area contributed by atoms with Crippen molar-refractivity contribution in [2.45, 2.75) is 56.2 Å². The van der Waals surface area contributed by atoms with Crippen LogP contribution in [0.25, 0.3) is 32.8 Å². The lowest BCUT2D eigenvalue weighted by atomic mass is 9.90. The first kappa shape index (κ1) is 34.2. The summed E-state index contributed by atoms with van der Waals surface area (Å²) in [7, 11) is 1.70. The highest BCUT2D eigenvalue weighted by Gasteiger charge is 2.46. The number of phenols is 1. The average molecular weight is 693 g/mol. The van der Waals surface area contributed by atoms with Gasteiger partial charge in [0.1, 0.15) is 29.5 Å². The van der Waals surface area contributed by atoms with E-state index >= 15 is 8.78 Å². The van der Waals surface area contributed by atoms with Gasteiger partial charge in [-0.3, -0.25) is 9.69 Å². The number of nitrogens with zero attached hydrogens (tertiary/aromatic N) is 6. The van der Waals surface area contributed by atoms with Gasteiger partial charge in [0, 0.05) is 36.5 Å². The molecule has 0 bridgehead atoms. The van der Waals surface area contributed by atoms with E-state index in [4.69, 9.17) is 16.1 Å². The molecule has 12 heteroatoms. The summed E-state index contributed by atoms with van der Waals surface area (Å²) in [6.07, 6.45) is 11.3. The second kappa shape index (κ2) is 12.8. The summed E-state index contributed by atoms with van der Waals surface area (Å²) >= 11 is 0. The van der Waals surface area contributed by atoms with Crippen molar-refractivity contribution in [1.82, 2.24) is 19.8 Å². The maximum atomic E-state index is 17.3. The number of fused-ring (bicyclic) bond motifs is 3. The van der Waals surface area contributed by atoms with Crippen molar-refractivity contribution in [2.75, 3.05) is 44.7 Å². The molecule has 0 aliphatic carbocycles. The molecule has 2 atom stereocenters. The number of carbonyl (C=O) groups is 1. The summed E-state index contributed by atoms with van der Waals surface area (Å²) in [5.41, 5.74) is -2.04. The van der Waals surface area contributed by atoms with Crippen LogP contribution in [0.4, 0.5) is 14.6 Å². The zero-order valence-electron chi connectivity index (χ0n) is 28.5. The van der Waals surface area contributed by atoms with Crippen LogP contribution in [0.2, 0.25) is 0 Å². The maximum Gasteiger partial charge on any atom is 0.319 e. The van der Waals surface area contributed by atoms with E-state index in [1.807, 2.05) is 0 Å². The SMILES string of the molecule is C#Cc1c(F)ccc2cc(O)cc(-c3c(C#N)cc4c(N(C)C[C@H]5N(C(=O)C=C)CCC5(C)O)nc(OCC56CCCN5CCC6)nc4c3F)c12. The fraction of sp³-hybridized carbons (Fsp3) is 0.385. The fourth-order valence-corrected chi connectivity index (χ4v) is 8.35. The standard InChI is InChI=1S/C39H38F2N6O4/c1-5-26-29(40)10-9-23-17-25(48)19-27(32(23)26)33-24(20-42)18-28-35(34(33)41)43-37(51-22-39-11-7-14-46(39)15-8-12-39)44-36(28)45(4)21-30-38(3,50)13-16-47(30)31(49)6-2/h1,6,9-10,17-19,30,48,50H,2,7-8,11-16,21-22H2,3-4H3/t30-,38?/m1/s1. The topological polar surface area (TPSA) is 126 Å². The lowest BCUT2D eigenvalue weighted by molar-refractivity contribution is -0.128. The van der Waals surface area contributed by atoms with Gasteiger partial charge in [-0.2, -0.15) is 15.2 Å². The number of halogens is 2. The summed E-state index contributed by atoms with van der Waals surface area (Å²) < 4.78 is 38.6. The molecule has 3 saturated heterocycles. The molecule has 3 aliphatic heterocycles. The Kier molecular flexibility index (Phi) is 8.57. The van der Waals surface area contributed by atoms with E-state index in [9.17, 15) is 20.3 Å². The number of amides is 1. The summed E-state index contributed by atoms with van der Waals surface area (Å²) in [6, 6.07) is 7.99. The molecule has 0 saturated carbocycles. The van der Waals surface area contributed by atoms with Crippen molar-refractivity contribution in [3.8, 4) is 41.3 Å². The van der Waals surface area contributed by atoms with Crippen molar-refractivity contribution >= 4 is 33.4 Å². The van der Waals surface area contributed by atoms with E-state index in [-0.39, 0.29) is 74.1 Å². The van der Waals surface area contributed by atoms with Gasteiger partial charge < -0.3 is 24.7 Å². The number of carbonyl (C=O) groups excluding carboxylic acids is 1. The van der Waals surface area contributed by atoms with Crippen LogP contribution in [-0.4, -0.2) is 92.9 Å². The van der Waals surface area contributed by atoms with Gasteiger partial charge in [-0.25, -0.2) is 8.78 Å². The number of likely N-dealkylation sites (N-methyl/N-ethyl adjacent to an activating group) is 1. The second-order valence-electron chi connectivity index (χ2n) is 14.1. The summed E-state index contributed by atoms with van der Waals surface area (Å²) in [4.78, 5) is 27.7. The van der Waals surface area contributed by atoms with Gasteiger partial charge in [-0.15, -0.1) is 6.42 Å². The number of phenolic OH excluding ortho intramolecular Hbond substituents is 1. The minimum absolute atomic E-state index is 0.0245. The number of aromatic nitrogens is 2. The highest BCUT2D eigenvalue weighted by atomic mass is 19.1. The molecule has 3 fully saturated rings. The molecule has 1 unspecified atom stereocenters. The number of terminal acetylenes is 1. The molecule has 0 spiro atoms. The molecule has 51 heavy (non-hydrogen) atoms. The van der Waals surface area contributed by atoms with Crippen LogP contribution >= 0.6 is 0 Å². The summed E-state index contributed by atoms with van der Waals surface area (Å²) in [6.45, 7) is 7.94. The number of benzene rings is 3. The van der Waals surface area contributed by atoms with Crippen molar-refractivity contribution in [3.05, 3.63) is 65.7 Å². The molecule has 3 aliphatic rings. The number of ether oxygens (including phenoxy) is 1. The zero-order valence-corrected chi connectivity index (χ0v) is 28.5. The predicted molar refractivity (Wildman–Crippen MR) is 189 cm³/mol. The lowest BCUT2D eigenvalue weighted by Gasteiger charge is -2.35. The quantitative estimate of drug-likeness (QED) is 0.188. The van der Waals surface area contributed by atoms with Gasteiger partial charge >= 0.3 is 6.01 Å².